The monoisotopic (exact) mass is 296 g/mol. The highest BCUT2D eigenvalue weighted by atomic mass is 79.9. The average Bonchev–Trinajstić information content (AvgIpc) is 2.77. The highest BCUT2D eigenvalue weighted by Crippen LogP contribution is 2.30. The summed E-state index contributed by atoms with van der Waals surface area (Å²) in [4.78, 5) is 11.4. The number of hydrogen-bond donors (Lipinski definition) is 0. The van der Waals surface area contributed by atoms with E-state index in [4.69, 9.17) is 4.42 Å². The van der Waals surface area contributed by atoms with Gasteiger partial charge in [-0.25, -0.2) is 4.39 Å². The SMILES string of the molecule is CCC(=O)c1ccc(-c2ccc(F)cc2Br)o1. The molecule has 88 valence electrons. The molecule has 0 bridgehead atoms. The molecule has 0 spiro atoms. The van der Waals surface area contributed by atoms with E-state index in [-0.39, 0.29) is 11.6 Å². The topological polar surface area (TPSA) is 30.2 Å². The number of halogens is 2. The zero-order valence-corrected chi connectivity index (χ0v) is 10.8. The number of benzene rings is 1. The number of Topliss-reactive ketones (excluding diaryl/α,β-unsaturated/α-hetero) is 1. The molecule has 0 unspecified atom stereocenters. The standard InChI is InChI=1S/C13H10BrFO2/c1-2-11(16)13-6-5-12(17-13)9-4-3-8(15)7-10(9)14/h3-7H,2H2,1H3. The molecular weight excluding hydrogens is 287 g/mol. The molecular formula is C13H10BrFO2. The van der Waals surface area contributed by atoms with Crippen LogP contribution in [0.15, 0.2) is 39.2 Å². The van der Waals surface area contributed by atoms with Gasteiger partial charge in [0.15, 0.2) is 11.5 Å². The van der Waals surface area contributed by atoms with Gasteiger partial charge in [0.05, 0.1) is 0 Å². The molecule has 2 nitrogen and oxygen atoms in total. The molecule has 1 heterocycles. The molecule has 0 atom stereocenters. The van der Waals surface area contributed by atoms with Crippen LogP contribution in [0.4, 0.5) is 4.39 Å². The van der Waals surface area contributed by atoms with E-state index in [0.29, 0.717) is 22.4 Å². The normalized spacial score (nSPS) is 10.5. The molecule has 2 aromatic rings. The molecule has 0 aliphatic heterocycles. The fourth-order valence-corrected chi connectivity index (χ4v) is 2.04. The summed E-state index contributed by atoms with van der Waals surface area (Å²) in [5.74, 6) is 0.513. The molecule has 0 amide bonds. The summed E-state index contributed by atoms with van der Waals surface area (Å²) < 4.78 is 19.0. The maximum absolute atomic E-state index is 12.9. The van der Waals surface area contributed by atoms with Gasteiger partial charge in [-0.15, -0.1) is 0 Å². The van der Waals surface area contributed by atoms with Crippen LogP contribution in [0.2, 0.25) is 0 Å². The molecule has 17 heavy (non-hydrogen) atoms. The van der Waals surface area contributed by atoms with Gasteiger partial charge in [0.25, 0.3) is 0 Å². The maximum Gasteiger partial charge on any atom is 0.197 e. The van der Waals surface area contributed by atoms with Gasteiger partial charge >= 0.3 is 0 Å². The average molecular weight is 297 g/mol. The molecule has 1 aromatic carbocycles. The molecule has 0 fully saturated rings. The van der Waals surface area contributed by atoms with Crippen LogP contribution in [0.3, 0.4) is 0 Å². The lowest BCUT2D eigenvalue weighted by Gasteiger charge is -2.00. The second-order valence-corrected chi connectivity index (χ2v) is 4.42. The van der Waals surface area contributed by atoms with Crippen LogP contribution >= 0.6 is 15.9 Å². The smallest absolute Gasteiger partial charge is 0.197 e. The minimum absolute atomic E-state index is 0.0468. The quantitative estimate of drug-likeness (QED) is 0.784. The van der Waals surface area contributed by atoms with Crippen molar-refractivity contribution in [2.24, 2.45) is 0 Å². The van der Waals surface area contributed by atoms with Crippen LogP contribution in [0.25, 0.3) is 11.3 Å². The lowest BCUT2D eigenvalue weighted by molar-refractivity contribution is 0.0962. The molecule has 0 saturated heterocycles. The minimum atomic E-state index is -0.322. The Bertz CT molecular complexity index is 560. The van der Waals surface area contributed by atoms with Gasteiger partial charge in [0.1, 0.15) is 11.6 Å². The summed E-state index contributed by atoms with van der Waals surface area (Å²) in [7, 11) is 0. The predicted molar refractivity (Wildman–Crippen MR) is 66.4 cm³/mol. The van der Waals surface area contributed by atoms with Crippen LogP contribution in [0.5, 0.6) is 0 Å². The third-order valence-corrected chi connectivity index (χ3v) is 3.05. The number of hydrogen-bond acceptors (Lipinski definition) is 2. The van der Waals surface area contributed by atoms with E-state index >= 15 is 0 Å². The van der Waals surface area contributed by atoms with Crippen molar-refractivity contribution in [3.63, 3.8) is 0 Å². The Balaban J connectivity index is 2.40. The summed E-state index contributed by atoms with van der Waals surface area (Å²) in [5, 5.41) is 0. The van der Waals surface area contributed by atoms with Crippen molar-refractivity contribution in [1.29, 1.82) is 0 Å². The predicted octanol–water partition coefficient (Wildman–Crippen LogP) is 4.44. The number of carbonyl (C=O) groups is 1. The first kappa shape index (κ1) is 12.0. The maximum atomic E-state index is 12.9. The van der Waals surface area contributed by atoms with E-state index in [2.05, 4.69) is 15.9 Å². The van der Waals surface area contributed by atoms with Crippen LogP contribution in [-0.2, 0) is 0 Å². The van der Waals surface area contributed by atoms with E-state index in [0.717, 1.165) is 5.56 Å². The lowest BCUT2D eigenvalue weighted by atomic mass is 10.2. The van der Waals surface area contributed by atoms with Crippen molar-refractivity contribution in [2.75, 3.05) is 0 Å². The fraction of sp³-hybridized carbons (Fsp3) is 0.154. The van der Waals surface area contributed by atoms with Gasteiger partial charge in [-0.1, -0.05) is 6.92 Å². The summed E-state index contributed by atoms with van der Waals surface area (Å²) in [6, 6.07) is 7.67. The van der Waals surface area contributed by atoms with E-state index in [1.807, 2.05) is 0 Å². The van der Waals surface area contributed by atoms with Gasteiger partial charge in [-0.05, 0) is 46.3 Å². The Hall–Kier alpha value is -1.42. The zero-order chi connectivity index (χ0) is 12.4. The number of furan rings is 1. The highest BCUT2D eigenvalue weighted by molar-refractivity contribution is 9.10. The molecule has 1 aromatic heterocycles. The van der Waals surface area contributed by atoms with Crippen molar-refractivity contribution >= 4 is 21.7 Å². The number of rotatable bonds is 3. The summed E-state index contributed by atoms with van der Waals surface area (Å²) in [5.41, 5.74) is 0.724. The highest BCUT2D eigenvalue weighted by Gasteiger charge is 2.12. The first-order valence-electron chi connectivity index (χ1n) is 5.20. The van der Waals surface area contributed by atoms with Crippen LogP contribution in [-0.4, -0.2) is 5.78 Å². The number of carbonyl (C=O) groups excluding carboxylic acids is 1. The number of ketones is 1. The van der Waals surface area contributed by atoms with Gasteiger partial charge < -0.3 is 4.42 Å². The third-order valence-electron chi connectivity index (χ3n) is 2.40. The molecule has 0 saturated carbocycles. The summed E-state index contributed by atoms with van der Waals surface area (Å²) in [6.07, 6.45) is 0.400. The first-order valence-corrected chi connectivity index (χ1v) is 5.99. The second kappa shape index (κ2) is 4.84. The van der Waals surface area contributed by atoms with Crippen LogP contribution in [0, 0.1) is 5.82 Å². The van der Waals surface area contributed by atoms with E-state index in [1.54, 1.807) is 25.1 Å². The van der Waals surface area contributed by atoms with Crippen molar-refractivity contribution in [2.45, 2.75) is 13.3 Å². The van der Waals surface area contributed by atoms with Crippen molar-refractivity contribution < 1.29 is 13.6 Å². The van der Waals surface area contributed by atoms with E-state index < -0.39 is 0 Å². The second-order valence-electron chi connectivity index (χ2n) is 3.56. The van der Waals surface area contributed by atoms with Crippen molar-refractivity contribution in [3.05, 3.63) is 46.4 Å². The van der Waals surface area contributed by atoms with Gasteiger partial charge in [0.2, 0.25) is 0 Å². The molecule has 4 heteroatoms. The van der Waals surface area contributed by atoms with Crippen LogP contribution in [0.1, 0.15) is 23.9 Å². The molecule has 2 rings (SSSR count). The lowest BCUT2D eigenvalue weighted by Crippen LogP contribution is -1.92. The Morgan fingerprint density at radius 2 is 2.12 bits per heavy atom. The minimum Gasteiger partial charge on any atom is -0.453 e. The third kappa shape index (κ3) is 2.47. The molecule has 0 N–H and O–H groups in total. The zero-order valence-electron chi connectivity index (χ0n) is 9.17. The van der Waals surface area contributed by atoms with Gasteiger partial charge in [0, 0.05) is 16.5 Å². The first-order chi connectivity index (χ1) is 8.11. The van der Waals surface area contributed by atoms with Crippen molar-refractivity contribution in [3.8, 4) is 11.3 Å². The van der Waals surface area contributed by atoms with Crippen LogP contribution < -0.4 is 0 Å². The molecule has 0 radical (unpaired) electrons. The Morgan fingerprint density at radius 1 is 1.35 bits per heavy atom. The van der Waals surface area contributed by atoms with Gasteiger partial charge in [-0.2, -0.15) is 0 Å². The Labute approximate surface area is 107 Å². The van der Waals surface area contributed by atoms with E-state index in [1.165, 1.54) is 12.1 Å². The fourth-order valence-electron chi connectivity index (χ4n) is 1.50. The molecule has 0 aliphatic rings. The summed E-state index contributed by atoms with van der Waals surface area (Å²) >= 11 is 3.26. The summed E-state index contributed by atoms with van der Waals surface area (Å²) in [6.45, 7) is 1.78. The Morgan fingerprint density at radius 3 is 2.76 bits per heavy atom. The largest absolute Gasteiger partial charge is 0.453 e. The van der Waals surface area contributed by atoms with E-state index in [9.17, 15) is 9.18 Å². The Kier molecular flexibility index (Phi) is 3.43. The van der Waals surface area contributed by atoms with Gasteiger partial charge in [-0.3, -0.25) is 4.79 Å². The van der Waals surface area contributed by atoms with Crippen molar-refractivity contribution in [1.82, 2.24) is 0 Å². The molecule has 0 aliphatic carbocycles.